The highest BCUT2D eigenvalue weighted by Gasteiger charge is 2.07. The molecule has 64 valence electrons. The molecular formula is C11H9NS. The van der Waals surface area contributed by atoms with E-state index in [9.17, 15) is 0 Å². The van der Waals surface area contributed by atoms with Crippen molar-refractivity contribution in [3.05, 3.63) is 35.2 Å². The second-order valence-electron chi connectivity index (χ2n) is 3.15. The number of hydrogen-bond acceptors (Lipinski definition) is 2. The van der Waals surface area contributed by atoms with E-state index in [1.807, 2.05) is 0 Å². The summed E-state index contributed by atoms with van der Waals surface area (Å²) in [5, 5.41) is 6.91. The van der Waals surface area contributed by atoms with E-state index >= 15 is 0 Å². The van der Waals surface area contributed by atoms with Crippen molar-refractivity contribution in [1.29, 1.82) is 0 Å². The van der Waals surface area contributed by atoms with Crippen molar-refractivity contribution >= 4 is 33.2 Å². The molecule has 1 aliphatic rings. The molecule has 1 aromatic heterocycles. The maximum absolute atomic E-state index is 3.41. The lowest BCUT2D eigenvalue weighted by Gasteiger charge is -2.13. The molecule has 0 spiro atoms. The zero-order valence-electron chi connectivity index (χ0n) is 7.08. The number of benzene rings is 1. The summed E-state index contributed by atoms with van der Waals surface area (Å²) in [7, 11) is 0. The Bertz CT molecular complexity index is 482. The molecule has 0 amide bonds. The van der Waals surface area contributed by atoms with Crippen LogP contribution in [-0.4, -0.2) is 6.54 Å². The van der Waals surface area contributed by atoms with Crippen molar-refractivity contribution in [1.82, 2.24) is 0 Å². The predicted octanol–water partition coefficient (Wildman–Crippen LogP) is 3.34. The molecule has 1 aliphatic heterocycles. The Morgan fingerprint density at radius 3 is 3.23 bits per heavy atom. The number of fused-ring (bicyclic) bond motifs is 3. The standard InChI is InChI=1S/C11H9NS/c1-2-8-3-4-10-9(5-7-13-10)11(8)12-6-1/h1-5,7,12H,6H2. The first-order valence-electron chi connectivity index (χ1n) is 4.36. The summed E-state index contributed by atoms with van der Waals surface area (Å²) in [6.07, 6.45) is 4.34. The average Bonchev–Trinajstić information content (AvgIpc) is 2.65. The molecule has 0 saturated carbocycles. The van der Waals surface area contributed by atoms with Crippen LogP contribution in [-0.2, 0) is 0 Å². The maximum Gasteiger partial charge on any atom is 0.0504 e. The monoisotopic (exact) mass is 187 g/mol. The van der Waals surface area contributed by atoms with Crippen LogP contribution in [0.2, 0.25) is 0 Å². The van der Waals surface area contributed by atoms with Gasteiger partial charge in [0.25, 0.3) is 0 Å². The number of rotatable bonds is 0. The second-order valence-corrected chi connectivity index (χ2v) is 4.09. The van der Waals surface area contributed by atoms with Crippen molar-refractivity contribution in [2.24, 2.45) is 0 Å². The number of hydrogen-bond donors (Lipinski definition) is 1. The van der Waals surface area contributed by atoms with E-state index in [4.69, 9.17) is 0 Å². The predicted molar refractivity (Wildman–Crippen MR) is 59.3 cm³/mol. The van der Waals surface area contributed by atoms with Gasteiger partial charge in [0.1, 0.15) is 0 Å². The Morgan fingerprint density at radius 2 is 2.23 bits per heavy atom. The third-order valence-corrected chi connectivity index (χ3v) is 3.24. The molecule has 2 aromatic rings. The van der Waals surface area contributed by atoms with Gasteiger partial charge in [-0.1, -0.05) is 18.2 Å². The fourth-order valence-corrected chi connectivity index (χ4v) is 2.54. The highest BCUT2D eigenvalue weighted by Crippen LogP contribution is 2.33. The summed E-state index contributed by atoms with van der Waals surface area (Å²) >= 11 is 1.80. The van der Waals surface area contributed by atoms with Crippen molar-refractivity contribution in [2.75, 3.05) is 11.9 Å². The van der Waals surface area contributed by atoms with Gasteiger partial charge in [-0.15, -0.1) is 11.3 Å². The van der Waals surface area contributed by atoms with Crippen LogP contribution in [0, 0.1) is 0 Å². The molecular weight excluding hydrogens is 178 g/mol. The van der Waals surface area contributed by atoms with Crippen LogP contribution >= 0.6 is 11.3 Å². The zero-order chi connectivity index (χ0) is 8.67. The van der Waals surface area contributed by atoms with Crippen molar-refractivity contribution < 1.29 is 0 Å². The van der Waals surface area contributed by atoms with E-state index in [2.05, 4.69) is 41.0 Å². The SMILES string of the molecule is C1=Cc2ccc3sccc3c2NC1. The highest BCUT2D eigenvalue weighted by atomic mass is 32.1. The number of nitrogens with one attached hydrogen (secondary N) is 1. The van der Waals surface area contributed by atoms with Crippen LogP contribution < -0.4 is 5.32 Å². The Hall–Kier alpha value is -1.28. The molecule has 0 fully saturated rings. The van der Waals surface area contributed by atoms with Gasteiger partial charge >= 0.3 is 0 Å². The second kappa shape index (κ2) is 2.60. The Labute approximate surface area is 80.7 Å². The fraction of sp³-hybridized carbons (Fsp3) is 0.0909. The molecule has 0 saturated heterocycles. The summed E-state index contributed by atoms with van der Waals surface area (Å²) in [5.41, 5.74) is 2.60. The molecule has 1 N–H and O–H groups in total. The molecule has 0 radical (unpaired) electrons. The van der Waals surface area contributed by atoms with Crippen LogP contribution in [0.25, 0.3) is 16.2 Å². The number of anilines is 1. The molecule has 3 rings (SSSR count). The number of thiophene rings is 1. The van der Waals surface area contributed by atoms with Crippen molar-refractivity contribution in [2.45, 2.75) is 0 Å². The van der Waals surface area contributed by atoms with E-state index in [-0.39, 0.29) is 0 Å². The summed E-state index contributed by atoms with van der Waals surface area (Å²) in [6.45, 7) is 0.946. The molecule has 1 nitrogen and oxygen atoms in total. The maximum atomic E-state index is 3.41. The van der Waals surface area contributed by atoms with Crippen molar-refractivity contribution in [3.8, 4) is 0 Å². The smallest absolute Gasteiger partial charge is 0.0504 e. The van der Waals surface area contributed by atoms with Crippen LogP contribution in [0.4, 0.5) is 5.69 Å². The van der Waals surface area contributed by atoms with Gasteiger partial charge in [0, 0.05) is 16.6 Å². The van der Waals surface area contributed by atoms with Gasteiger partial charge in [0.05, 0.1) is 5.69 Å². The summed E-state index contributed by atoms with van der Waals surface area (Å²) in [5.74, 6) is 0. The van der Waals surface area contributed by atoms with E-state index in [1.54, 1.807) is 11.3 Å². The Morgan fingerprint density at radius 1 is 1.23 bits per heavy atom. The van der Waals surface area contributed by atoms with Gasteiger partial charge in [-0.25, -0.2) is 0 Å². The first kappa shape index (κ1) is 7.15. The van der Waals surface area contributed by atoms with E-state index < -0.39 is 0 Å². The molecule has 13 heavy (non-hydrogen) atoms. The van der Waals surface area contributed by atoms with Gasteiger partial charge < -0.3 is 5.32 Å². The molecule has 0 bridgehead atoms. The molecule has 0 unspecified atom stereocenters. The van der Waals surface area contributed by atoms with Crippen LogP contribution in [0.1, 0.15) is 5.56 Å². The summed E-state index contributed by atoms with van der Waals surface area (Å²) in [6, 6.07) is 6.55. The third kappa shape index (κ3) is 0.988. The van der Waals surface area contributed by atoms with Gasteiger partial charge in [0.15, 0.2) is 0 Å². The summed E-state index contributed by atoms with van der Waals surface area (Å²) in [4.78, 5) is 0. The lowest BCUT2D eigenvalue weighted by molar-refractivity contribution is 1.33. The van der Waals surface area contributed by atoms with Crippen LogP contribution in [0.15, 0.2) is 29.7 Å². The van der Waals surface area contributed by atoms with E-state index in [0.29, 0.717) is 0 Å². The minimum absolute atomic E-state index is 0.946. The van der Waals surface area contributed by atoms with Gasteiger partial charge in [-0.05, 0) is 23.1 Å². The lowest BCUT2D eigenvalue weighted by Crippen LogP contribution is -2.04. The third-order valence-electron chi connectivity index (χ3n) is 2.36. The topological polar surface area (TPSA) is 12.0 Å². The quantitative estimate of drug-likeness (QED) is 0.667. The fourth-order valence-electron chi connectivity index (χ4n) is 1.74. The van der Waals surface area contributed by atoms with Crippen LogP contribution in [0.3, 0.4) is 0 Å². The summed E-state index contributed by atoms with van der Waals surface area (Å²) < 4.78 is 1.36. The molecule has 0 aliphatic carbocycles. The minimum atomic E-state index is 0.946. The van der Waals surface area contributed by atoms with Gasteiger partial charge in [-0.2, -0.15) is 0 Å². The Kier molecular flexibility index (Phi) is 1.43. The van der Waals surface area contributed by atoms with Crippen molar-refractivity contribution in [3.63, 3.8) is 0 Å². The zero-order valence-corrected chi connectivity index (χ0v) is 7.90. The normalized spacial score (nSPS) is 14.2. The van der Waals surface area contributed by atoms with E-state index in [0.717, 1.165) is 6.54 Å². The first-order chi connectivity index (χ1) is 6.45. The largest absolute Gasteiger partial charge is 0.381 e. The van der Waals surface area contributed by atoms with Gasteiger partial charge in [-0.3, -0.25) is 0 Å². The minimum Gasteiger partial charge on any atom is -0.381 e. The van der Waals surface area contributed by atoms with Crippen LogP contribution in [0.5, 0.6) is 0 Å². The first-order valence-corrected chi connectivity index (χ1v) is 5.24. The Balaban J connectivity index is 2.42. The van der Waals surface area contributed by atoms with E-state index in [1.165, 1.54) is 21.3 Å². The average molecular weight is 187 g/mol. The molecule has 2 heterocycles. The molecule has 0 atom stereocenters. The van der Waals surface area contributed by atoms with Gasteiger partial charge in [0.2, 0.25) is 0 Å². The molecule has 2 heteroatoms. The highest BCUT2D eigenvalue weighted by molar-refractivity contribution is 7.17. The lowest BCUT2D eigenvalue weighted by atomic mass is 10.1. The molecule has 1 aromatic carbocycles.